The predicted molar refractivity (Wildman–Crippen MR) is 88.3 cm³/mol. The SMILES string of the molecule is Fc1cncc(-c2c(OCC3OCCO3)ccc3ccccc23)c1. The van der Waals surface area contributed by atoms with Crippen molar-refractivity contribution in [3.05, 3.63) is 60.7 Å². The number of halogens is 1. The summed E-state index contributed by atoms with van der Waals surface area (Å²) in [6.45, 7) is 1.44. The van der Waals surface area contributed by atoms with Crippen molar-refractivity contribution in [2.75, 3.05) is 19.8 Å². The lowest BCUT2D eigenvalue weighted by atomic mass is 9.98. The summed E-state index contributed by atoms with van der Waals surface area (Å²) in [7, 11) is 0. The summed E-state index contributed by atoms with van der Waals surface area (Å²) in [5.41, 5.74) is 1.49. The Bertz CT molecular complexity index is 862. The fraction of sp³-hybridized carbons (Fsp3) is 0.211. The third-order valence-electron chi connectivity index (χ3n) is 3.95. The van der Waals surface area contributed by atoms with E-state index in [4.69, 9.17) is 14.2 Å². The maximum absolute atomic E-state index is 13.7. The van der Waals surface area contributed by atoms with Gasteiger partial charge >= 0.3 is 0 Å². The molecule has 0 unspecified atom stereocenters. The minimum absolute atomic E-state index is 0.286. The highest BCUT2D eigenvalue weighted by Gasteiger charge is 2.18. The fourth-order valence-electron chi connectivity index (χ4n) is 2.88. The van der Waals surface area contributed by atoms with Crippen LogP contribution in [0.3, 0.4) is 0 Å². The largest absolute Gasteiger partial charge is 0.488 e. The first-order valence-corrected chi connectivity index (χ1v) is 7.80. The Kier molecular flexibility index (Phi) is 4.11. The maximum Gasteiger partial charge on any atom is 0.191 e. The Morgan fingerprint density at radius 3 is 2.75 bits per heavy atom. The Labute approximate surface area is 138 Å². The molecule has 0 aliphatic carbocycles. The van der Waals surface area contributed by atoms with E-state index in [1.54, 1.807) is 6.20 Å². The van der Waals surface area contributed by atoms with E-state index in [1.807, 2.05) is 36.4 Å². The summed E-state index contributed by atoms with van der Waals surface area (Å²) < 4.78 is 30.4. The molecule has 0 atom stereocenters. The van der Waals surface area contributed by atoms with Gasteiger partial charge in [-0.25, -0.2) is 4.39 Å². The Morgan fingerprint density at radius 1 is 1.08 bits per heavy atom. The van der Waals surface area contributed by atoms with Crippen LogP contribution in [0.2, 0.25) is 0 Å². The van der Waals surface area contributed by atoms with Gasteiger partial charge in [0.05, 0.1) is 19.4 Å². The molecule has 1 aromatic heterocycles. The molecule has 1 aliphatic heterocycles. The van der Waals surface area contributed by atoms with E-state index in [-0.39, 0.29) is 18.7 Å². The van der Waals surface area contributed by atoms with Gasteiger partial charge in [0, 0.05) is 17.3 Å². The summed E-state index contributed by atoms with van der Waals surface area (Å²) in [6, 6.07) is 13.3. The smallest absolute Gasteiger partial charge is 0.191 e. The van der Waals surface area contributed by atoms with E-state index in [1.165, 1.54) is 12.3 Å². The van der Waals surface area contributed by atoms with E-state index in [0.29, 0.717) is 24.5 Å². The molecular formula is C19H16FNO3. The van der Waals surface area contributed by atoms with Gasteiger partial charge in [0.2, 0.25) is 0 Å². The van der Waals surface area contributed by atoms with Gasteiger partial charge < -0.3 is 14.2 Å². The van der Waals surface area contributed by atoms with Crippen molar-refractivity contribution < 1.29 is 18.6 Å². The van der Waals surface area contributed by atoms with Crippen molar-refractivity contribution >= 4 is 10.8 Å². The van der Waals surface area contributed by atoms with Crippen LogP contribution >= 0.6 is 0 Å². The Morgan fingerprint density at radius 2 is 1.92 bits per heavy atom. The van der Waals surface area contributed by atoms with Crippen LogP contribution in [-0.4, -0.2) is 31.1 Å². The first-order valence-electron chi connectivity index (χ1n) is 7.80. The number of benzene rings is 2. The summed E-state index contributed by atoms with van der Waals surface area (Å²) in [4.78, 5) is 3.97. The first-order chi connectivity index (χ1) is 11.8. The van der Waals surface area contributed by atoms with E-state index in [2.05, 4.69) is 4.98 Å². The lowest BCUT2D eigenvalue weighted by molar-refractivity contribution is -0.0682. The molecule has 1 fully saturated rings. The molecule has 0 spiro atoms. The third-order valence-corrected chi connectivity index (χ3v) is 3.95. The summed E-state index contributed by atoms with van der Waals surface area (Å²) >= 11 is 0. The van der Waals surface area contributed by atoms with Gasteiger partial charge in [-0.1, -0.05) is 30.3 Å². The highest BCUT2D eigenvalue weighted by Crippen LogP contribution is 2.37. The normalized spacial score (nSPS) is 15.0. The van der Waals surface area contributed by atoms with Crippen LogP contribution in [0.4, 0.5) is 4.39 Å². The zero-order valence-electron chi connectivity index (χ0n) is 12.9. The highest BCUT2D eigenvalue weighted by atomic mass is 19.1. The van der Waals surface area contributed by atoms with Crippen LogP contribution in [0.5, 0.6) is 5.75 Å². The van der Waals surface area contributed by atoms with Gasteiger partial charge in [0.1, 0.15) is 18.2 Å². The minimum Gasteiger partial charge on any atom is -0.488 e. The number of rotatable bonds is 4. The van der Waals surface area contributed by atoms with Crippen LogP contribution in [-0.2, 0) is 9.47 Å². The average molecular weight is 325 g/mol. The number of ether oxygens (including phenoxy) is 3. The highest BCUT2D eigenvalue weighted by molar-refractivity contribution is 5.99. The summed E-state index contributed by atoms with van der Waals surface area (Å²) in [5, 5.41) is 2.04. The third kappa shape index (κ3) is 2.96. The molecule has 4 nitrogen and oxygen atoms in total. The van der Waals surface area contributed by atoms with Crippen molar-refractivity contribution in [2.24, 2.45) is 0 Å². The topological polar surface area (TPSA) is 40.6 Å². The molecule has 4 rings (SSSR count). The van der Waals surface area contributed by atoms with Crippen LogP contribution in [0.1, 0.15) is 0 Å². The average Bonchev–Trinajstić information content (AvgIpc) is 3.13. The first kappa shape index (κ1) is 15.1. The van der Waals surface area contributed by atoms with Crippen molar-refractivity contribution in [1.29, 1.82) is 0 Å². The molecule has 24 heavy (non-hydrogen) atoms. The van der Waals surface area contributed by atoms with Crippen LogP contribution in [0.25, 0.3) is 21.9 Å². The zero-order chi connectivity index (χ0) is 16.4. The Balaban J connectivity index is 1.78. The van der Waals surface area contributed by atoms with E-state index < -0.39 is 0 Å². The number of fused-ring (bicyclic) bond motifs is 1. The summed E-state index contributed by atoms with van der Waals surface area (Å²) in [6.07, 6.45) is 2.46. The summed E-state index contributed by atoms with van der Waals surface area (Å²) in [5.74, 6) is 0.272. The van der Waals surface area contributed by atoms with Crippen molar-refractivity contribution in [3.8, 4) is 16.9 Å². The van der Waals surface area contributed by atoms with Crippen LogP contribution in [0, 0.1) is 5.82 Å². The number of hydrogen-bond donors (Lipinski definition) is 0. The second kappa shape index (κ2) is 6.55. The quantitative estimate of drug-likeness (QED) is 0.732. The molecule has 0 radical (unpaired) electrons. The molecule has 1 saturated heterocycles. The van der Waals surface area contributed by atoms with Gasteiger partial charge in [-0.15, -0.1) is 0 Å². The molecular weight excluding hydrogens is 309 g/mol. The van der Waals surface area contributed by atoms with Gasteiger partial charge in [0.25, 0.3) is 0 Å². The molecule has 0 amide bonds. The lowest BCUT2D eigenvalue weighted by Gasteiger charge is -2.16. The fourth-order valence-corrected chi connectivity index (χ4v) is 2.88. The van der Waals surface area contributed by atoms with E-state index in [9.17, 15) is 4.39 Å². The number of pyridine rings is 1. The van der Waals surface area contributed by atoms with Gasteiger partial charge in [-0.05, 0) is 22.9 Å². The molecule has 3 aromatic rings. The molecule has 122 valence electrons. The zero-order valence-corrected chi connectivity index (χ0v) is 12.9. The van der Waals surface area contributed by atoms with Crippen LogP contribution in [0.15, 0.2) is 54.9 Å². The second-order valence-corrected chi connectivity index (χ2v) is 5.53. The van der Waals surface area contributed by atoms with Gasteiger partial charge in [0.15, 0.2) is 6.29 Å². The molecule has 1 aliphatic rings. The number of aromatic nitrogens is 1. The molecule has 5 heteroatoms. The van der Waals surface area contributed by atoms with Crippen molar-refractivity contribution in [3.63, 3.8) is 0 Å². The van der Waals surface area contributed by atoms with Crippen molar-refractivity contribution in [1.82, 2.24) is 4.98 Å². The van der Waals surface area contributed by atoms with Crippen LogP contribution < -0.4 is 4.74 Å². The second-order valence-electron chi connectivity index (χ2n) is 5.53. The maximum atomic E-state index is 13.7. The molecule has 2 aromatic carbocycles. The molecule has 0 saturated carbocycles. The lowest BCUT2D eigenvalue weighted by Crippen LogP contribution is -2.18. The molecule has 0 bridgehead atoms. The minimum atomic E-state index is -0.381. The standard InChI is InChI=1S/C19H16FNO3/c20-15-9-14(10-21-11-15)19-16-4-2-1-3-13(16)5-6-17(19)24-12-18-22-7-8-23-18/h1-6,9-11,18H,7-8,12H2. The monoisotopic (exact) mass is 325 g/mol. The van der Waals surface area contributed by atoms with Crippen molar-refractivity contribution in [2.45, 2.75) is 6.29 Å². The van der Waals surface area contributed by atoms with E-state index in [0.717, 1.165) is 16.3 Å². The Hall–Kier alpha value is -2.50. The van der Waals surface area contributed by atoms with E-state index >= 15 is 0 Å². The van der Waals surface area contributed by atoms with Gasteiger partial charge in [-0.2, -0.15) is 0 Å². The molecule has 0 N–H and O–H groups in total. The number of hydrogen-bond acceptors (Lipinski definition) is 4. The van der Waals surface area contributed by atoms with Gasteiger partial charge in [-0.3, -0.25) is 4.98 Å². The number of nitrogens with zero attached hydrogens (tertiary/aromatic N) is 1. The predicted octanol–water partition coefficient (Wildman–Crippen LogP) is 3.79. The molecule has 2 heterocycles.